The van der Waals surface area contributed by atoms with Crippen LogP contribution >= 0.6 is 11.8 Å². The minimum atomic E-state index is -0.176. The van der Waals surface area contributed by atoms with Crippen molar-refractivity contribution in [2.24, 2.45) is 0 Å². The lowest BCUT2D eigenvalue weighted by molar-refractivity contribution is -0.116. The van der Waals surface area contributed by atoms with E-state index in [1.165, 1.54) is 11.8 Å². The summed E-state index contributed by atoms with van der Waals surface area (Å²) in [6, 6.07) is 7.06. The monoisotopic (exact) mass is 331 g/mol. The van der Waals surface area contributed by atoms with Crippen molar-refractivity contribution < 1.29 is 9.53 Å². The van der Waals surface area contributed by atoms with Crippen molar-refractivity contribution in [2.45, 2.75) is 24.5 Å². The summed E-state index contributed by atoms with van der Waals surface area (Å²) in [5.41, 5.74) is 1.14. The second-order valence-corrected chi connectivity index (χ2v) is 6.30. The van der Waals surface area contributed by atoms with Gasteiger partial charge in [0, 0.05) is 23.9 Å². The van der Waals surface area contributed by atoms with E-state index in [4.69, 9.17) is 4.74 Å². The first-order chi connectivity index (χ1) is 11.1. The predicted molar refractivity (Wildman–Crippen MR) is 89.2 cm³/mol. The summed E-state index contributed by atoms with van der Waals surface area (Å²) in [5.74, 6) is 1.13. The number of benzene rings is 1. The molecule has 0 fully saturated rings. The van der Waals surface area contributed by atoms with Crippen molar-refractivity contribution in [3.63, 3.8) is 0 Å². The summed E-state index contributed by atoms with van der Waals surface area (Å²) in [6.07, 6.45) is 1.81. The van der Waals surface area contributed by atoms with E-state index in [1.54, 1.807) is 36.9 Å². The fraction of sp³-hybridized carbons (Fsp3) is 0.312. The molecule has 1 N–H and O–H groups in total. The number of para-hydroxylation sites is 2. The highest BCUT2D eigenvalue weighted by atomic mass is 32.2. The van der Waals surface area contributed by atoms with E-state index in [1.807, 2.05) is 12.1 Å². The molecular formula is C16H17N3O3S. The zero-order chi connectivity index (χ0) is 16.4. The van der Waals surface area contributed by atoms with Crippen LogP contribution < -0.4 is 15.6 Å². The van der Waals surface area contributed by atoms with Gasteiger partial charge in [-0.2, -0.15) is 0 Å². The third-order valence-electron chi connectivity index (χ3n) is 3.70. The first-order valence-corrected chi connectivity index (χ1v) is 8.22. The van der Waals surface area contributed by atoms with Crippen LogP contribution in [0.4, 0.5) is 5.69 Å². The third kappa shape index (κ3) is 3.10. The fourth-order valence-electron chi connectivity index (χ4n) is 2.53. The lowest BCUT2D eigenvalue weighted by Gasteiger charge is -2.14. The molecule has 0 saturated heterocycles. The molecule has 0 aliphatic carbocycles. The van der Waals surface area contributed by atoms with Gasteiger partial charge in [0.15, 0.2) is 5.16 Å². The standard InChI is InChI=1S/C16H17N3O3S/c1-10-8-17-16-19(15(10)21)11(9-23-16)7-14(20)18-12-5-3-4-6-13(12)22-2/h3-6,8,11H,7,9H2,1-2H3,(H,18,20). The van der Waals surface area contributed by atoms with Crippen molar-refractivity contribution in [1.82, 2.24) is 9.55 Å². The number of fused-ring (bicyclic) bond motifs is 1. The van der Waals surface area contributed by atoms with Crippen LogP contribution in [0.5, 0.6) is 5.75 Å². The van der Waals surface area contributed by atoms with Gasteiger partial charge in [0.1, 0.15) is 5.75 Å². The number of nitrogens with zero attached hydrogens (tertiary/aromatic N) is 2. The highest BCUT2D eigenvalue weighted by Gasteiger charge is 2.27. The van der Waals surface area contributed by atoms with Gasteiger partial charge in [-0.1, -0.05) is 23.9 Å². The number of carbonyl (C=O) groups is 1. The van der Waals surface area contributed by atoms with E-state index in [0.717, 1.165) is 0 Å². The first kappa shape index (κ1) is 15.6. The Bertz CT molecular complexity index is 803. The molecule has 3 rings (SSSR count). The number of hydrogen-bond donors (Lipinski definition) is 1. The molecule has 1 aromatic carbocycles. The molecule has 2 aromatic rings. The maximum absolute atomic E-state index is 12.3. The van der Waals surface area contributed by atoms with Crippen LogP contribution in [0.2, 0.25) is 0 Å². The van der Waals surface area contributed by atoms with Crippen LogP contribution in [0.25, 0.3) is 0 Å². The Morgan fingerprint density at radius 1 is 1.48 bits per heavy atom. The van der Waals surface area contributed by atoms with Crippen molar-refractivity contribution in [3.05, 3.63) is 46.4 Å². The highest BCUT2D eigenvalue weighted by Crippen LogP contribution is 2.32. The first-order valence-electron chi connectivity index (χ1n) is 7.24. The summed E-state index contributed by atoms with van der Waals surface area (Å²) in [6.45, 7) is 1.73. The van der Waals surface area contributed by atoms with Crippen molar-refractivity contribution >= 4 is 23.4 Å². The molecule has 6 nitrogen and oxygen atoms in total. The van der Waals surface area contributed by atoms with E-state index >= 15 is 0 Å². The number of aryl methyl sites for hydroxylation is 1. The van der Waals surface area contributed by atoms with Gasteiger partial charge < -0.3 is 10.1 Å². The summed E-state index contributed by atoms with van der Waals surface area (Å²) in [5, 5.41) is 3.52. The van der Waals surface area contributed by atoms with E-state index < -0.39 is 0 Å². The minimum absolute atomic E-state index is 0.0740. The Morgan fingerprint density at radius 2 is 2.26 bits per heavy atom. The molecule has 1 aromatic heterocycles. The molecule has 0 radical (unpaired) electrons. The fourth-order valence-corrected chi connectivity index (χ4v) is 3.64. The van der Waals surface area contributed by atoms with Gasteiger partial charge in [-0.15, -0.1) is 0 Å². The lowest BCUT2D eigenvalue weighted by Crippen LogP contribution is -2.28. The number of nitrogens with one attached hydrogen (secondary N) is 1. The molecule has 7 heteroatoms. The van der Waals surface area contributed by atoms with Gasteiger partial charge in [0.25, 0.3) is 5.56 Å². The van der Waals surface area contributed by atoms with E-state index in [-0.39, 0.29) is 23.9 Å². The maximum Gasteiger partial charge on any atom is 0.257 e. The minimum Gasteiger partial charge on any atom is -0.495 e. The average Bonchev–Trinajstić information content (AvgIpc) is 2.95. The zero-order valence-corrected chi connectivity index (χ0v) is 13.7. The second kappa shape index (κ2) is 6.45. The largest absolute Gasteiger partial charge is 0.495 e. The summed E-state index contributed by atoms with van der Waals surface area (Å²) in [7, 11) is 1.56. The number of ether oxygens (including phenoxy) is 1. The second-order valence-electron chi connectivity index (χ2n) is 5.32. The molecule has 1 aliphatic rings. The smallest absolute Gasteiger partial charge is 0.257 e. The number of thioether (sulfide) groups is 1. The average molecular weight is 331 g/mol. The Morgan fingerprint density at radius 3 is 3.04 bits per heavy atom. The van der Waals surface area contributed by atoms with E-state index in [2.05, 4.69) is 10.3 Å². The summed E-state index contributed by atoms with van der Waals surface area (Å²) < 4.78 is 6.85. The quantitative estimate of drug-likeness (QED) is 0.870. The molecule has 120 valence electrons. The summed E-state index contributed by atoms with van der Waals surface area (Å²) in [4.78, 5) is 28.9. The topological polar surface area (TPSA) is 73.2 Å². The van der Waals surface area contributed by atoms with Gasteiger partial charge in [-0.05, 0) is 19.1 Å². The molecular weight excluding hydrogens is 314 g/mol. The van der Waals surface area contributed by atoms with Crippen LogP contribution in [0, 0.1) is 6.92 Å². The van der Waals surface area contributed by atoms with Gasteiger partial charge in [-0.25, -0.2) is 4.98 Å². The van der Waals surface area contributed by atoms with Gasteiger partial charge in [0.05, 0.1) is 18.8 Å². The molecule has 0 bridgehead atoms. The van der Waals surface area contributed by atoms with E-state index in [9.17, 15) is 9.59 Å². The van der Waals surface area contributed by atoms with Crippen LogP contribution in [-0.2, 0) is 4.79 Å². The van der Waals surface area contributed by atoms with Crippen molar-refractivity contribution in [3.8, 4) is 5.75 Å². The molecule has 0 saturated carbocycles. The van der Waals surface area contributed by atoms with Gasteiger partial charge >= 0.3 is 0 Å². The maximum atomic E-state index is 12.3. The Hall–Kier alpha value is -2.28. The Labute approximate surface area is 137 Å². The van der Waals surface area contributed by atoms with Crippen LogP contribution in [-0.4, -0.2) is 28.3 Å². The predicted octanol–water partition coefficient (Wildman–Crippen LogP) is 2.24. The number of amides is 1. The number of aromatic nitrogens is 2. The highest BCUT2D eigenvalue weighted by molar-refractivity contribution is 7.99. The number of hydrogen-bond acceptors (Lipinski definition) is 5. The molecule has 1 aliphatic heterocycles. The van der Waals surface area contributed by atoms with E-state index in [0.29, 0.717) is 27.9 Å². The van der Waals surface area contributed by atoms with Crippen LogP contribution in [0.3, 0.4) is 0 Å². The zero-order valence-electron chi connectivity index (χ0n) is 12.9. The van der Waals surface area contributed by atoms with Crippen molar-refractivity contribution in [1.29, 1.82) is 0 Å². The SMILES string of the molecule is COc1ccccc1NC(=O)CC1CSc2ncc(C)c(=O)n21. The molecule has 1 amide bonds. The third-order valence-corrected chi connectivity index (χ3v) is 4.81. The molecule has 0 spiro atoms. The molecule has 1 unspecified atom stereocenters. The summed E-state index contributed by atoms with van der Waals surface area (Å²) >= 11 is 1.50. The van der Waals surface area contributed by atoms with Crippen LogP contribution in [0.1, 0.15) is 18.0 Å². The van der Waals surface area contributed by atoms with Crippen LogP contribution in [0.15, 0.2) is 40.4 Å². The molecule has 1 atom stereocenters. The number of methoxy groups -OCH3 is 1. The normalized spacial score (nSPS) is 16.0. The number of anilines is 1. The molecule has 2 heterocycles. The Kier molecular flexibility index (Phi) is 4.38. The van der Waals surface area contributed by atoms with Crippen molar-refractivity contribution in [2.75, 3.05) is 18.2 Å². The number of rotatable bonds is 4. The van der Waals surface area contributed by atoms with Gasteiger partial charge in [-0.3, -0.25) is 14.2 Å². The molecule has 23 heavy (non-hydrogen) atoms. The number of carbonyl (C=O) groups excluding carboxylic acids is 1. The van der Waals surface area contributed by atoms with Gasteiger partial charge in [0.2, 0.25) is 5.91 Å². The Balaban J connectivity index is 1.76. The lowest BCUT2D eigenvalue weighted by atomic mass is 10.2.